The fourth-order valence-electron chi connectivity index (χ4n) is 2.38. The van der Waals surface area contributed by atoms with Crippen molar-refractivity contribution in [3.63, 3.8) is 0 Å². The van der Waals surface area contributed by atoms with Crippen molar-refractivity contribution < 1.29 is 19.4 Å². The molecule has 4 nitrogen and oxygen atoms in total. The molecule has 0 aliphatic carbocycles. The zero-order chi connectivity index (χ0) is 16.6. The van der Waals surface area contributed by atoms with E-state index in [0.29, 0.717) is 0 Å². The molecule has 0 bridgehead atoms. The Morgan fingerprint density at radius 2 is 1.36 bits per heavy atom. The fraction of sp³-hybridized carbons (Fsp3) is 0.778. The summed E-state index contributed by atoms with van der Waals surface area (Å²) in [4.78, 5) is 22.0. The molecular formula is C18H32O4. The van der Waals surface area contributed by atoms with E-state index in [9.17, 15) is 9.59 Å². The standard InChI is InChI=1S/C18H32O4/c1-3-5-7-9-11-13-16(12-10-8-6-4-2)22-18(21)15-14-17(19)20/h14-16H,3-13H2,1-2H3,(H,19,20). The van der Waals surface area contributed by atoms with Crippen LogP contribution in [0.25, 0.3) is 0 Å². The first-order valence-electron chi connectivity index (χ1n) is 8.71. The van der Waals surface area contributed by atoms with Crippen molar-refractivity contribution in [3.05, 3.63) is 12.2 Å². The summed E-state index contributed by atoms with van der Waals surface area (Å²) in [7, 11) is 0. The number of carbonyl (C=O) groups excluding carboxylic acids is 1. The van der Waals surface area contributed by atoms with Gasteiger partial charge < -0.3 is 9.84 Å². The van der Waals surface area contributed by atoms with Gasteiger partial charge in [-0.1, -0.05) is 58.8 Å². The third-order valence-electron chi connectivity index (χ3n) is 3.65. The Morgan fingerprint density at radius 1 is 0.864 bits per heavy atom. The molecule has 0 rings (SSSR count). The van der Waals surface area contributed by atoms with E-state index >= 15 is 0 Å². The summed E-state index contributed by atoms with van der Waals surface area (Å²) in [6, 6.07) is 0. The van der Waals surface area contributed by atoms with Gasteiger partial charge in [0.15, 0.2) is 0 Å². The average molecular weight is 312 g/mol. The second-order valence-corrected chi connectivity index (χ2v) is 5.78. The van der Waals surface area contributed by atoms with Crippen molar-refractivity contribution in [2.75, 3.05) is 0 Å². The number of hydrogen-bond acceptors (Lipinski definition) is 3. The quantitative estimate of drug-likeness (QED) is 0.282. The lowest BCUT2D eigenvalue weighted by Gasteiger charge is -2.17. The first kappa shape index (κ1) is 20.7. The summed E-state index contributed by atoms with van der Waals surface area (Å²) in [6.45, 7) is 4.36. The minimum atomic E-state index is -1.13. The topological polar surface area (TPSA) is 63.6 Å². The van der Waals surface area contributed by atoms with Gasteiger partial charge in [0.1, 0.15) is 6.10 Å². The lowest BCUT2D eigenvalue weighted by Crippen LogP contribution is -2.17. The Labute approximate surface area is 134 Å². The number of carboxylic acid groups (broad SMARTS) is 1. The van der Waals surface area contributed by atoms with E-state index in [-0.39, 0.29) is 6.10 Å². The van der Waals surface area contributed by atoms with Gasteiger partial charge in [-0.2, -0.15) is 0 Å². The predicted octanol–water partition coefficient (Wildman–Crippen LogP) is 4.87. The van der Waals surface area contributed by atoms with Crippen LogP contribution in [-0.4, -0.2) is 23.1 Å². The molecule has 0 amide bonds. The Morgan fingerprint density at radius 3 is 1.86 bits per heavy atom. The zero-order valence-corrected chi connectivity index (χ0v) is 14.2. The van der Waals surface area contributed by atoms with Crippen LogP contribution >= 0.6 is 0 Å². The van der Waals surface area contributed by atoms with Gasteiger partial charge in [0.25, 0.3) is 0 Å². The molecule has 1 atom stereocenters. The molecule has 0 fully saturated rings. The molecule has 0 aromatic carbocycles. The first-order chi connectivity index (χ1) is 10.6. The van der Waals surface area contributed by atoms with Crippen LogP contribution in [0.5, 0.6) is 0 Å². The summed E-state index contributed by atoms with van der Waals surface area (Å²) >= 11 is 0. The second kappa shape index (κ2) is 14.6. The minimum Gasteiger partial charge on any atom is -0.478 e. The minimum absolute atomic E-state index is 0.0792. The van der Waals surface area contributed by atoms with Crippen molar-refractivity contribution in [2.24, 2.45) is 0 Å². The number of rotatable bonds is 14. The van der Waals surface area contributed by atoms with Gasteiger partial charge in [0.05, 0.1) is 0 Å². The number of carbonyl (C=O) groups is 2. The van der Waals surface area contributed by atoms with Gasteiger partial charge >= 0.3 is 11.9 Å². The molecule has 4 heteroatoms. The molecule has 0 aliphatic heterocycles. The molecule has 0 aromatic rings. The Kier molecular flexibility index (Phi) is 13.7. The maximum absolute atomic E-state index is 11.6. The van der Waals surface area contributed by atoms with E-state index in [4.69, 9.17) is 9.84 Å². The maximum atomic E-state index is 11.6. The van der Waals surface area contributed by atoms with E-state index in [1.165, 1.54) is 38.5 Å². The third kappa shape index (κ3) is 13.7. The Hall–Kier alpha value is -1.32. The van der Waals surface area contributed by atoms with Gasteiger partial charge in [0, 0.05) is 12.2 Å². The second-order valence-electron chi connectivity index (χ2n) is 5.78. The van der Waals surface area contributed by atoms with E-state index in [0.717, 1.165) is 44.3 Å². The predicted molar refractivity (Wildman–Crippen MR) is 88.8 cm³/mol. The van der Waals surface area contributed by atoms with Crippen LogP contribution in [0, 0.1) is 0 Å². The summed E-state index contributed by atoms with van der Waals surface area (Å²) in [5.41, 5.74) is 0. The Bertz CT molecular complexity index is 323. The van der Waals surface area contributed by atoms with E-state index in [2.05, 4.69) is 13.8 Å². The van der Waals surface area contributed by atoms with Gasteiger partial charge in [-0.05, 0) is 25.7 Å². The maximum Gasteiger partial charge on any atom is 0.331 e. The third-order valence-corrected chi connectivity index (χ3v) is 3.65. The van der Waals surface area contributed by atoms with E-state index < -0.39 is 11.9 Å². The number of aliphatic carboxylic acids is 1. The fourth-order valence-corrected chi connectivity index (χ4v) is 2.38. The van der Waals surface area contributed by atoms with Crippen molar-refractivity contribution in [1.82, 2.24) is 0 Å². The molecule has 0 saturated heterocycles. The van der Waals surface area contributed by atoms with Crippen LogP contribution in [0.15, 0.2) is 12.2 Å². The van der Waals surface area contributed by atoms with Crippen molar-refractivity contribution in [3.8, 4) is 0 Å². The molecule has 128 valence electrons. The van der Waals surface area contributed by atoms with Gasteiger partial charge in [-0.25, -0.2) is 9.59 Å². The summed E-state index contributed by atoms with van der Waals surface area (Å²) in [5.74, 6) is -1.67. The summed E-state index contributed by atoms with van der Waals surface area (Å²) < 4.78 is 5.40. The summed E-state index contributed by atoms with van der Waals surface area (Å²) in [6.07, 6.45) is 14.0. The lowest BCUT2D eigenvalue weighted by molar-refractivity contribution is -0.144. The molecule has 22 heavy (non-hydrogen) atoms. The van der Waals surface area contributed by atoms with Crippen LogP contribution in [0.4, 0.5) is 0 Å². The molecule has 0 heterocycles. The van der Waals surface area contributed by atoms with Crippen LogP contribution in [0.1, 0.15) is 84.5 Å². The number of unbranched alkanes of at least 4 members (excludes halogenated alkanes) is 7. The largest absolute Gasteiger partial charge is 0.478 e. The van der Waals surface area contributed by atoms with Gasteiger partial charge in [-0.15, -0.1) is 0 Å². The smallest absolute Gasteiger partial charge is 0.331 e. The highest BCUT2D eigenvalue weighted by atomic mass is 16.5. The lowest BCUT2D eigenvalue weighted by atomic mass is 10.0. The molecule has 0 saturated carbocycles. The highest BCUT2D eigenvalue weighted by Crippen LogP contribution is 2.16. The normalized spacial score (nSPS) is 12.5. The Balaban J connectivity index is 4.13. The van der Waals surface area contributed by atoms with Gasteiger partial charge in [-0.3, -0.25) is 0 Å². The highest BCUT2D eigenvalue weighted by molar-refractivity contribution is 5.90. The number of carboxylic acids is 1. The molecule has 0 radical (unpaired) electrons. The van der Waals surface area contributed by atoms with Crippen molar-refractivity contribution in [2.45, 2.75) is 90.6 Å². The van der Waals surface area contributed by atoms with E-state index in [1.807, 2.05) is 0 Å². The molecule has 0 spiro atoms. The molecule has 0 aromatic heterocycles. The molecule has 1 unspecified atom stereocenters. The molecule has 1 N–H and O–H groups in total. The van der Waals surface area contributed by atoms with Crippen LogP contribution < -0.4 is 0 Å². The molecule has 0 aliphatic rings. The number of hydrogen-bond donors (Lipinski definition) is 1. The van der Waals surface area contributed by atoms with Crippen LogP contribution in [-0.2, 0) is 14.3 Å². The molecular weight excluding hydrogens is 280 g/mol. The average Bonchev–Trinajstić information content (AvgIpc) is 2.49. The van der Waals surface area contributed by atoms with Crippen LogP contribution in [0.3, 0.4) is 0 Å². The van der Waals surface area contributed by atoms with E-state index in [1.54, 1.807) is 0 Å². The monoisotopic (exact) mass is 312 g/mol. The SMILES string of the molecule is CCCCCCCC(CCCCCC)OC(=O)C=CC(=O)O. The number of ether oxygens (including phenoxy) is 1. The highest BCUT2D eigenvalue weighted by Gasteiger charge is 2.12. The van der Waals surface area contributed by atoms with Crippen molar-refractivity contribution in [1.29, 1.82) is 0 Å². The van der Waals surface area contributed by atoms with Crippen LogP contribution in [0.2, 0.25) is 0 Å². The van der Waals surface area contributed by atoms with Gasteiger partial charge in [0.2, 0.25) is 0 Å². The zero-order valence-electron chi connectivity index (χ0n) is 14.2. The number of esters is 1. The summed E-state index contributed by atoms with van der Waals surface area (Å²) in [5, 5.41) is 8.53. The van der Waals surface area contributed by atoms with Crippen molar-refractivity contribution >= 4 is 11.9 Å². The first-order valence-corrected chi connectivity index (χ1v) is 8.71.